The first-order valence-electron chi connectivity index (χ1n) is 7.92. The molecule has 3 rings (SSSR count). The summed E-state index contributed by atoms with van der Waals surface area (Å²) < 4.78 is 0. The lowest BCUT2D eigenvalue weighted by molar-refractivity contribution is 0.843. The van der Waals surface area contributed by atoms with E-state index in [4.69, 9.17) is 9.97 Å². The molecule has 0 bridgehead atoms. The first kappa shape index (κ1) is 15.2. The number of hydrogen-bond donors (Lipinski definition) is 0. The van der Waals surface area contributed by atoms with Crippen molar-refractivity contribution in [2.75, 3.05) is 18.0 Å². The summed E-state index contributed by atoms with van der Waals surface area (Å²) in [5.41, 5.74) is 2.72. The van der Waals surface area contributed by atoms with Crippen molar-refractivity contribution in [3.63, 3.8) is 0 Å². The van der Waals surface area contributed by atoms with E-state index in [1.165, 1.54) is 0 Å². The van der Waals surface area contributed by atoms with Gasteiger partial charge in [-0.3, -0.25) is 4.98 Å². The van der Waals surface area contributed by atoms with Crippen LogP contribution in [0, 0.1) is 0 Å². The van der Waals surface area contributed by atoms with E-state index < -0.39 is 0 Å². The molecule has 0 fully saturated rings. The van der Waals surface area contributed by atoms with E-state index in [1.807, 2.05) is 54.6 Å². The van der Waals surface area contributed by atoms with E-state index >= 15 is 0 Å². The van der Waals surface area contributed by atoms with Crippen LogP contribution in [0.3, 0.4) is 0 Å². The Kier molecular flexibility index (Phi) is 4.62. The fraction of sp³-hybridized carbons (Fsp3) is 0.211. The van der Waals surface area contributed by atoms with Crippen LogP contribution in [0.5, 0.6) is 0 Å². The number of hydrogen-bond acceptors (Lipinski definition) is 4. The summed E-state index contributed by atoms with van der Waals surface area (Å²) >= 11 is 0. The van der Waals surface area contributed by atoms with E-state index in [0.29, 0.717) is 0 Å². The van der Waals surface area contributed by atoms with Crippen LogP contribution in [-0.4, -0.2) is 28.0 Å². The maximum absolute atomic E-state index is 4.76. The van der Waals surface area contributed by atoms with Crippen LogP contribution in [0.15, 0.2) is 60.8 Å². The predicted molar refractivity (Wildman–Crippen MR) is 94.3 cm³/mol. The predicted octanol–water partition coefficient (Wildman–Crippen LogP) is 4.05. The van der Waals surface area contributed by atoms with E-state index in [0.717, 1.165) is 41.7 Å². The molecule has 0 N–H and O–H groups in total. The number of anilines is 1. The average Bonchev–Trinajstić information content (AvgIpc) is 2.64. The van der Waals surface area contributed by atoms with E-state index in [9.17, 15) is 0 Å². The monoisotopic (exact) mass is 304 g/mol. The van der Waals surface area contributed by atoms with Crippen molar-refractivity contribution < 1.29 is 0 Å². The molecule has 4 nitrogen and oxygen atoms in total. The third-order valence-corrected chi connectivity index (χ3v) is 3.76. The van der Waals surface area contributed by atoms with Crippen LogP contribution in [0.4, 0.5) is 5.82 Å². The molecule has 0 amide bonds. The summed E-state index contributed by atoms with van der Waals surface area (Å²) in [5.74, 6) is 1.67. The topological polar surface area (TPSA) is 41.9 Å². The highest BCUT2D eigenvalue weighted by Crippen LogP contribution is 2.24. The van der Waals surface area contributed by atoms with Crippen LogP contribution in [0.1, 0.15) is 13.8 Å². The molecule has 2 aromatic heterocycles. The molecule has 116 valence electrons. The molecule has 0 saturated heterocycles. The van der Waals surface area contributed by atoms with Crippen LogP contribution in [-0.2, 0) is 0 Å². The molecule has 2 heterocycles. The van der Waals surface area contributed by atoms with Gasteiger partial charge in [0.25, 0.3) is 0 Å². The zero-order chi connectivity index (χ0) is 16.1. The van der Waals surface area contributed by atoms with Crippen molar-refractivity contribution in [3.05, 3.63) is 60.8 Å². The molecular formula is C19H20N4. The first-order valence-corrected chi connectivity index (χ1v) is 7.92. The Morgan fingerprint density at radius 1 is 0.826 bits per heavy atom. The maximum atomic E-state index is 4.76. The van der Waals surface area contributed by atoms with E-state index in [1.54, 1.807) is 6.20 Å². The molecule has 0 radical (unpaired) electrons. The molecule has 1 aromatic carbocycles. The minimum Gasteiger partial charge on any atom is -0.357 e. The molecule has 0 aliphatic heterocycles. The summed E-state index contributed by atoms with van der Waals surface area (Å²) in [6.45, 7) is 6.08. The Labute approximate surface area is 136 Å². The third kappa shape index (κ3) is 3.37. The second-order valence-corrected chi connectivity index (χ2v) is 5.19. The smallest absolute Gasteiger partial charge is 0.162 e. The van der Waals surface area contributed by atoms with E-state index in [2.05, 4.69) is 23.7 Å². The zero-order valence-electron chi connectivity index (χ0n) is 13.5. The van der Waals surface area contributed by atoms with Crippen LogP contribution >= 0.6 is 0 Å². The number of benzene rings is 1. The highest BCUT2D eigenvalue weighted by molar-refractivity contribution is 5.65. The lowest BCUT2D eigenvalue weighted by Gasteiger charge is -2.21. The standard InChI is InChI=1S/C19H20N4/c1-3-23(4-2)18-14-17(16-12-8-9-13-20-16)21-19(22-18)15-10-6-5-7-11-15/h5-14H,3-4H2,1-2H3. The highest BCUT2D eigenvalue weighted by Gasteiger charge is 2.12. The SMILES string of the molecule is CCN(CC)c1cc(-c2ccccn2)nc(-c2ccccc2)n1. The van der Waals surface area contributed by atoms with Gasteiger partial charge in [0.15, 0.2) is 5.82 Å². The van der Waals surface area contributed by atoms with Gasteiger partial charge in [0, 0.05) is 30.9 Å². The van der Waals surface area contributed by atoms with Crippen molar-refractivity contribution in [2.24, 2.45) is 0 Å². The van der Waals surface area contributed by atoms with Gasteiger partial charge in [-0.05, 0) is 26.0 Å². The molecule has 3 aromatic rings. The largest absolute Gasteiger partial charge is 0.357 e. The Hall–Kier alpha value is -2.75. The molecule has 23 heavy (non-hydrogen) atoms. The number of pyridine rings is 1. The van der Waals surface area contributed by atoms with Gasteiger partial charge in [-0.25, -0.2) is 9.97 Å². The maximum Gasteiger partial charge on any atom is 0.162 e. The quantitative estimate of drug-likeness (QED) is 0.713. The average molecular weight is 304 g/mol. The molecule has 0 atom stereocenters. The van der Waals surface area contributed by atoms with Gasteiger partial charge >= 0.3 is 0 Å². The molecule has 0 spiro atoms. The van der Waals surface area contributed by atoms with Crippen molar-refractivity contribution in [1.29, 1.82) is 0 Å². The van der Waals surface area contributed by atoms with Gasteiger partial charge in [0.1, 0.15) is 5.82 Å². The summed E-state index contributed by atoms with van der Waals surface area (Å²) in [6, 6.07) is 17.9. The Morgan fingerprint density at radius 2 is 1.57 bits per heavy atom. The number of nitrogens with zero attached hydrogens (tertiary/aromatic N) is 4. The fourth-order valence-corrected chi connectivity index (χ4v) is 2.51. The van der Waals surface area contributed by atoms with Gasteiger partial charge in [0.2, 0.25) is 0 Å². The molecular weight excluding hydrogens is 284 g/mol. The second-order valence-electron chi connectivity index (χ2n) is 5.19. The van der Waals surface area contributed by atoms with Gasteiger partial charge in [-0.2, -0.15) is 0 Å². The summed E-state index contributed by atoms with van der Waals surface area (Å²) in [5, 5.41) is 0. The molecule has 0 aliphatic rings. The van der Waals surface area contributed by atoms with Crippen LogP contribution < -0.4 is 4.90 Å². The summed E-state index contributed by atoms with van der Waals surface area (Å²) in [7, 11) is 0. The normalized spacial score (nSPS) is 10.5. The van der Waals surface area contributed by atoms with Gasteiger partial charge in [0.05, 0.1) is 11.4 Å². The fourth-order valence-electron chi connectivity index (χ4n) is 2.51. The minimum absolute atomic E-state index is 0.732. The summed E-state index contributed by atoms with van der Waals surface area (Å²) in [6.07, 6.45) is 1.79. The third-order valence-electron chi connectivity index (χ3n) is 3.76. The molecule has 0 aliphatic carbocycles. The van der Waals surface area contributed by atoms with Crippen molar-refractivity contribution >= 4 is 5.82 Å². The number of aromatic nitrogens is 3. The Bertz CT molecular complexity index is 695. The molecule has 0 unspecified atom stereocenters. The summed E-state index contributed by atoms with van der Waals surface area (Å²) in [4.78, 5) is 16.1. The minimum atomic E-state index is 0.732. The van der Waals surface area contributed by atoms with Crippen LogP contribution in [0.25, 0.3) is 22.8 Å². The van der Waals surface area contributed by atoms with Gasteiger partial charge < -0.3 is 4.90 Å². The van der Waals surface area contributed by atoms with Gasteiger partial charge in [-0.1, -0.05) is 36.4 Å². The van der Waals surface area contributed by atoms with Crippen molar-refractivity contribution in [2.45, 2.75) is 13.8 Å². The van der Waals surface area contributed by atoms with Crippen molar-refractivity contribution in [3.8, 4) is 22.8 Å². The van der Waals surface area contributed by atoms with Crippen LogP contribution in [0.2, 0.25) is 0 Å². The molecule has 4 heteroatoms. The molecule has 0 saturated carbocycles. The number of rotatable bonds is 5. The highest BCUT2D eigenvalue weighted by atomic mass is 15.2. The zero-order valence-corrected chi connectivity index (χ0v) is 13.5. The van der Waals surface area contributed by atoms with Gasteiger partial charge in [-0.15, -0.1) is 0 Å². The lowest BCUT2D eigenvalue weighted by atomic mass is 10.2. The Balaban J connectivity index is 2.15. The lowest BCUT2D eigenvalue weighted by Crippen LogP contribution is -2.23. The second kappa shape index (κ2) is 7.01. The Morgan fingerprint density at radius 3 is 2.22 bits per heavy atom. The first-order chi connectivity index (χ1) is 11.3. The van der Waals surface area contributed by atoms with Crippen molar-refractivity contribution in [1.82, 2.24) is 15.0 Å². The van der Waals surface area contributed by atoms with E-state index in [-0.39, 0.29) is 0 Å².